The van der Waals surface area contributed by atoms with Gasteiger partial charge in [0.25, 0.3) is 5.91 Å². The number of hydrogen-bond donors (Lipinski definition) is 2. The number of nitrogens with zero attached hydrogens (tertiary/aromatic N) is 2. The number of anilines is 2. The third kappa shape index (κ3) is 3.23. The molecule has 2 heterocycles. The Balaban J connectivity index is 2.18. The first-order chi connectivity index (χ1) is 9.17. The monoisotopic (exact) mass is 296 g/mol. The number of thiazole rings is 1. The molecule has 0 spiro atoms. The highest BCUT2D eigenvalue weighted by atomic mass is 32.1. The summed E-state index contributed by atoms with van der Waals surface area (Å²) in [5, 5.41) is 3.97. The summed E-state index contributed by atoms with van der Waals surface area (Å²) in [6, 6.07) is 0.276. The van der Waals surface area contributed by atoms with Crippen LogP contribution < -0.4 is 11.1 Å². The van der Waals surface area contributed by atoms with Gasteiger partial charge in [0.1, 0.15) is 10.7 Å². The number of amides is 1. The van der Waals surface area contributed by atoms with Crippen LogP contribution in [0.2, 0.25) is 0 Å². The summed E-state index contributed by atoms with van der Waals surface area (Å²) in [7, 11) is 0. The number of nitrogen functional groups attached to an aromatic ring is 1. The first-order valence-electron chi connectivity index (χ1n) is 7.03. The Morgan fingerprint density at radius 3 is 2.60 bits per heavy atom. The molecule has 0 aromatic carbocycles. The van der Waals surface area contributed by atoms with Gasteiger partial charge in [-0.25, -0.2) is 4.98 Å². The number of aromatic nitrogens is 1. The maximum Gasteiger partial charge on any atom is 0.268 e. The molecule has 2 atom stereocenters. The van der Waals surface area contributed by atoms with Crippen LogP contribution in [0.3, 0.4) is 0 Å². The Bertz CT molecular complexity index is 506. The average Bonchev–Trinajstić information content (AvgIpc) is 2.78. The lowest BCUT2D eigenvalue weighted by Gasteiger charge is -2.21. The van der Waals surface area contributed by atoms with E-state index in [0.717, 1.165) is 13.0 Å². The van der Waals surface area contributed by atoms with E-state index in [1.54, 1.807) is 0 Å². The molecule has 1 amide bonds. The van der Waals surface area contributed by atoms with Crippen LogP contribution in [-0.2, 0) is 0 Å². The van der Waals surface area contributed by atoms with Gasteiger partial charge in [0, 0.05) is 18.1 Å². The minimum Gasteiger partial charge on any atom is -0.382 e. The summed E-state index contributed by atoms with van der Waals surface area (Å²) in [6.45, 7) is 11.2. The Hall–Kier alpha value is -1.30. The van der Waals surface area contributed by atoms with Crippen LogP contribution in [0.4, 0.5) is 10.9 Å². The number of rotatable bonds is 2. The van der Waals surface area contributed by atoms with Crippen molar-refractivity contribution in [2.24, 2.45) is 5.92 Å². The van der Waals surface area contributed by atoms with Crippen molar-refractivity contribution in [2.75, 3.05) is 17.6 Å². The second-order valence-corrected chi connectivity index (χ2v) is 7.75. The van der Waals surface area contributed by atoms with Crippen LogP contribution in [0.1, 0.15) is 50.7 Å². The van der Waals surface area contributed by atoms with Crippen LogP contribution in [-0.4, -0.2) is 33.9 Å². The molecule has 1 fully saturated rings. The summed E-state index contributed by atoms with van der Waals surface area (Å²) in [5.41, 5.74) is 5.82. The van der Waals surface area contributed by atoms with E-state index >= 15 is 0 Å². The van der Waals surface area contributed by atoms with Crippen molar-refractivity contribution in [3.8, 4) is 0 Å². The van der Waals surface area contributed by atoms with Gasteiger partial charge in [-0.2, -0.15) is 0 Å². The molecule has 0 saturated carbocycles. The van der Waals surface area contributed by atoms with Crippen LogP contribution in [0, 0.1) is 5.92 Å². The Kier molecular flexibility index (Phi) is 3.95. The largest absolute Gasteiger partial charge is 0.382 e. The highest BCUT2D eigenvalue weighted by molar-refractivity contribution is 7.18. The maximum absolute atomic E-state index is 12.6. The van der Waals surface area contributed by atoms with Crippen molar-refractivity contribution in [3.05, 3.63) is 4.88 Å². The minimum atomic E-state index is -0.0972. The van der Waals surface area contributed by atoms with Gasteiger partial charge in [-0.15, -0.1) is 0 Å². The predicted molar refractivity (Wildman–Crippen MR) is 84.2 cm³/mol. The van der Waals surface area contributed by atoms with E-state index in [-0.39, 0.29) is 17.5 Å². The first-order valence-corrected chi connectivity index (χ1v) is 7.84. The molecule has 1 aromatic rings. The summed E-state index contributed by atoms with van der Waals surface area (Å²) in [5.74, 6) is 0.896. The second-order valence-electron chi connectivity index (χ2n) is 6.76. The lowest BCUT2D eigenvalue weighted by Crippen LogP contribution is -2.33. The van der Waals surface area contributed by atoms with E-state index in [1.165, 1.54) is 11.3 Å². The van der Waals surface area contributed by atoms with Gasteiger partial charge in [-0.1, -0.05) is 18.3 Å². The zero-order valence-corrected chi connectivity index (χ0v) is 13.7. The minimum absolute atomic E-state index is 0.0128. The molecule has 1 saturated heterocycles. The Labute approximate surface area is 124 Å². The fourth-order valence-electron chi connectivity index (χ4n) is 2.57. The molecule has 0 bridgehead atoms. The predicted octanol–water partition coefficient (Wildman–Crippen LogP) is 2.81. The molecule has 6 heteroatoms. The van der Waals surface area contributed by atoms with Crippen LogP contribution in [0.15, 0.2) is 0 Å². The van der Waals surface area contributed by atoms with Gasteiger partial charge in [0.2, 0.25) is 0 Å². The number of nitrogens with two attached hydrogens (primary N) is 1. The third-order valence-corrected chi connectivity index (χ3v) is 4.35. The third-order valence-electron chi connectivity index (χ3n) is 3.37. The second kappa shape index (κ2) is 5.24. The molecule has 1 aliphatic heterocycles. The summed E-state index contributed by atoms with van der Waals surface area (Å²) in [4.78, 5) is 19.3. The molecule has 0 radical (unpaired) electrons. The quantitative estimate of drug-likeness (QED) is 0.880. The summed E-state index contributed by atoms with van der Waals surface area (Å²) >= 11 is 1.35. The summed E-state index contributed by atoms with van der Waals surface area (Å²) < 4.78 is 0. The Morgan fingerprint density at radius 1 is 1.45 bits per heavy atom. The van der Waals surface area contributed by atoms with Gasteiger partial charge in [-0.05, 0) is 40.0 Å². The van der Waals surface area contributed by atoms with Crippen molar-refractivity contribution < 1.29 is 4.79 Å². The summed E-state index contributed by atoms with van der Waals surface area (Å²) in [6.07, 6.45) is 1.05. The van der Waals surface area contributed by atoms with Crippen molar-refractivity contribution in [2.45, 2.75) is 52.6 Å². The van der Waals surface area contributed by atoms with Crippen LogP contribution >= 0.6 is 11.3 Å². The fourth-order valence-corrected chi connectivity index (χ4v) is 3.62. The number of carbonyl (C=O) groups excluding carboxylic acids is 1. The molecule has 2 unspecified atom stereocenters. The van der Waals surface area contributed by atoms with Crippen molar-refractivity contribution in [1.82, 2.24) is 9.88 Å². The van der Waals surface area contributed by atoms with Gasteiger partial charge >= 0.3 is 0 Å². The lowest BCUT2D eigenvalue weighted by molar-refractivity contribution is 0.0749. The molecule has 2 rings (SSSR count). The van der Waals surface area contributed by atoms with Crippen molar-refractivity contribution >= 4 is 28.2 Å². The standard InChI is InChI=1S/C14H24N4OS/c1-8-6-9(2)18(7-8)12(19)10-11(15)16-13(20-10)17-14(3,4)5/h8-9H,6-7,15H2,1-5H3,(H,16,17). The maximum atomic E-state index is 12.6. The zero-order valence-electron chi connectivity index (χ0n) is 12.9. The van der Waals surface area contributed by atoms with Crippen molar-refractivity contribution in [3.63, 3.8) is 0 Å². The van der Waals surface area contributed by atoms with Gasteiger partial charge in [-0.3, -0.25) is 4.79 Å². The molecule has 0 aliphatic carbocycles. The first kappa shape index (κ1) is 15.1. The van der Waals surface area contributed by atoms with E-state index in [1.807, 2.05) is 4.90 Å². The van der Waals surface area contributed by atoms with Crippen LogP contribution in [0.25, 0.3) is 0 Å². The Morgan fingerprint density at radius 2 is 2.10 bits per heavy atom. The van der Waals surface area contributed by atoms with Gasteiger partial charge < -0.3 is 16.0 Å². The fraction of sp³-hybridized carbons (Fsp3) is 0.714. The molecule has 5 nitrogen and oxygen atoms in total. The zero-order chi connectivity index (χ0) is 15.1. The van der Waals surface area contributed by atoms with Gasteiger partial charge in [0.05, 0.1) is 0 Å². The number of nitrogens with one attached hydrogen (secondary N) is 1. The molecular formula is C14H24N4OS. The molecule has 20 heavy (non-hydrogen) atoms. The molecule has 3 N–H and O–H groups in total. The van der Waals surface area contributed by atoms with E-state index < -0.39 is 0 Å². The van der Waals surface area contributed by atoms with E-state index in [2.05, 4.69) is 44.9 Å². The smallest absolute Gasteiger partial charge is 0.268 e. The number of likely N-dealkylation sites (tertiary alicyclic amines) is 1. The highest BCUT2D eigenvalue weighted by Crippen LogP contribution is 2.31. The number of carbonyl (C=O) groups is 1. The topological polar surface area (TPSA) is 71.2 Å². The van der Waals surface area contributed by atoms with E-state index in [4.69, 9.17) is 5.73 Å². The van der Waals surface area contributed by atoms with Crippen molar-refractivity contribution in [1.29, 1.82) is 0 Å². The lowest BCUT2D eigenvalue weighted by atomic mass is 10.1. The molecule has 1 aromatic heterocycles. The molecule has 1 aliphatic rings. The van der Waals surface area contributed by atoms with Crippen LogP contribution in [0.5, 0.6) is 0 Å². The number of hydrogen-bond acceptors (Lipinski definition) is 5. The molecular weight excluding hydrogens is 272 g/mol. The van der Waals surface area contributed by atoms with E-state index in [9.17, 15) is 4.79 Å². The SMILES string of the molecule is CC1CC(C)N(C(=O)c2sc(NC(C)(C)C)nc2N)C1. The average molecular weight is 296 g/mol. The van der Waals surface area contributed by atoms with Gasteiger partial charge in [0.15, 0.2) is 5.13 Å². The highest BCUT2D eigenvalue weighted by Gasteiger charge is 2.32. The molecule has 112 valence electrons. The normalized spacial score (nSPS) is 23.1. The van der Waals surface area contributed by atoms with E-state index in [0.29, 0.717) is 21.7 Å².